The molecule has 0 amide bonds. The van der Waals surface area contributed by atoms with Gasteiger partial charge in [0, 0.05) is 10.9 Å². The van der Waals surface area contributed by atoms with E-state index in [0.717, 1.165) is 16.5 Å². The van der Waals surface area contributed by atoms with Crippen LogP contribution in [0.3, 0.4) is 0 Å². The number of rotatable bonds is 4. The lowest BCUT2D eigenvalue weighted by atomic mass is 10.1. The molecule has 0 saturated heterocycles. The number of fused-ring (bicyclic) bond motifs is 1. The Labute approximate surface area is 137 Å². The van der Waals surface area contributed by atoms with Gasteiger partial charge in [-0.1, -0.05) is 30.3 Å². The van der Waals surface area contributed by atoms with Gasteiger partial charge in [-0.2, -0.15) is 0 Å². The number of para-hydroxylation sites is 1. The fraction of sp³-hybridized carbons (Fsp3) is 0.0526. The normalized spacial score (nSPS) is 10.8. The topological polar surface area (TPSA) is 65.5 Å². The maximum atomic E-state index is 12.1. The second kappa shape index (κ2) is 6.04. The van der Waals surface area contributed by atoms with Crippen LogP contribution in [0.1, 0.15) is 16.1 Å². The third kappa shape index (κ3) is 2.79. The molecule has 0 unspecified atom stereocenters. The fourth-order valence-corrected chi connectivity index (χ4v) is 2.46. The van der Waals surface area contributed by atoms with Crippen LogP contribution in [-0.2, 0) is 11.3 Å². The number of hydrogen-bond acceptors (Lipinski definition) is 5. The van der Waals surface area contributed by atoms with E-state index in [0.29, 0.717) is 17.1 Å². The van der Waals surface area contributed by atoms with Crippen molar-refractivity contribution in [2.75, 3.05) is 0 Å². The van der Waals surface area contributed by atoms with Gasteiger partial charge < -0.3 is 13.6 Å². The van der Waals surface area contributed by atoms with Crippen molar-refractivity contribution in [3.05, 3.63) is 78.5 Å². The standard InChI is InChI=1S/C19H13NO4/c21-19(14-7-5-13(6-8-14)18-10-20-12-23-18)22-11-16-9-15-3-1-2-4-17(15)24-16/h1-10,12H,11H2. The number of hydrogen-bond donors (Lipinski definition) is 0. The van der Waals surface area contributed by atoms with Crippen LogP contribution >= 0.6 is 0 Å². The van der Waals surface area contributed by atoms with Crippen molar-refractivity contribution in [1.82, 2.24) is 4.98 Å². The number of carbonyl (C=O) groups excluding carboxylic acids is 1. The summed E-state index contributed by atoms with van der Waals surface area (Å²) in [5.74, 6) is 0.861. The molecule has 0 N–H and O–H groups in total. The lowest BCUT2D eigenvalue weighted by molar-refractivity contribution is 0.0447. The zero-order chi connectivity index (χ0) is 16.4. The van der Waals surface area contributed by atoms with Crippen LogP contribution < -0.4 is 0 Å². The van der Waals surface area contributed by atoms with Gasteiger partial charge in [0.1, 0.15) is 18.0 Å². The van der Waals surface area contributed by atoms with E-state index in [4.69, 9.17) is 13.6 Å². The van der Waals surface area contributed by atoms with Crippen LogP contribution in [0.4, 0.5) is 0 Å². The van der Waals surface area contributed by atoms with E-state index in [1.807, 2.05) is 30.3 Å². The quantitative estimate of drug-likeness (QED) is 0.520. The summed E-state index contributed by atoms with van der Waals surface area (Å²) in [7, 11) is 0. The Morgan fingerprint density at radius 2 is 1.92 bits per heavy atom. The number of aromatic nitrogens is 1. The number of esters is 1. The van der Waals surface area contributed by atoms with Gasteiger partial charge in [0.15, 0.2) is 12.2 Å². The van der Waals surface area contributed by atoms with Crippen molar-refractivity contribution >= 4 is 16.9 Å². The molecular formula is C19H13NO4. The molecule has 2 aromatic carbocycles. The van der Waals surface area contributed by atoms with E-state index in [9.17, 15) is 4.79 Å². The second-order valence-electron chi connectivity index (χ2n) is 5.27. The largest absolute Gasteiger partial charge is 0.457 e. The summed E-state index contributed by atoms with van der Waals surface area (Å²) < 4.78 is 16.1. The molecule has 5 nitrogen and oxygen atoms in total. The van der Waals surface area contributed by atoms with Crippen molar-refractivity contribution in [1.29, 1.82) is 0 Å². The molecule has 0 saturated carbocycles. The van der Waals surface area contributed by atoms with Crippen molar-refractivity contribution in [2.24, 2.45) is 0 Å². The molecule has 0 spiro atoms. The van der Waals surface area contributed by atoms with Crippen LogP contribution in [0, 0.1) is 0 Å². The van der Waals surface area contributed by atoms with Gasteiger partial charge >= 0.3 is 5.97 Å². The highest BCUT2D eigenvalue weighted by Crippen LogP contribution is 2.21. The minimum atomic E-state index is -0.403. The summed E-state index contributed by atoms with van der Waals surface area (Å²) in [6.45, 7) is 0.0946. The molecule has 24 heavy (non-hydrogen) atoms. The highest BCUT2D eigenvalue weighted by molar-refractivity contribution is 5.90. The highest BCUT2D eigenvalue weighted by atomic mass is 16.5. The molecule has 0 aliphatic rings. The molecule has 0 radical (unpaired) electrons. The van der Waals surface area contributed by atoms with E-state index in [2.05, 4.69) is 4.98 Å². The SMILES string of the molecule is O=C(OCc1cc2ccccc2o1)c1ccc(-c2cnco2)cc1. The fourth-order valence-electron chi connectivity index (χ4n) is 2.46. The molecule has 0 atom stereocenters. The monoisotopic (exact) mass is 319 g/mol. The van der Waals surface area contributed by atoms with E-state index in [1.165, 1.54) is 6.39 Å². The van der Waals surface area contributed by atoms with Crippen LogP contribution in [0.5, 0.6) is 0 Å². The minimum absolute atomic E-state index is 0.0946. The van der Waals surface area contributed by atoms with Crippen LogP contribution in [0.15, 0.2) is 76.0 Å². The Morgan fingerprint density at radius 3 is 2.67 bits per heavy atom. The van der Waals surface area contributed by atoms with Gasteiger partial charge in [-0.15, -0.1) is 0 Å². The van der Waals surface area contributed by atoms with E-state index in [-0.39, 0.29) is 6.61 Å². The third-order valence-corrected chi connectivity index (χ3v) is 3.66. The molecule has 2 aromatic heterocycles. The smallest absolute Gasteiger partial charge is 0.338 e. The summed E-state index contributed by atoms with van der Waals surface area (Å²) in [5, 5.41) is 0.986. The van der Waals surface area contributed by atoms with Gasteiger partial charge in [0.2, 0.25) is 0 Å². The molecule has 0 bridgehead atoms. The number of oxazole rings is 1. The number of benzene rings is 2. The molecule has 4 aromatic rings. The summed E-state index contributed by atoms with van der Waals surface area (Å²) in [6, 6.07) is 16.5. The maximum absolute atomic E-state index is 12.1. The Kier molecular flexibility index (Phi) is 3.59. The van der Waals surface area contributed by atoms with Crippen LogP contribution in [0.25, 0.3) is 22.3 Å². The second-order valence-corrected chi connectivity index (χ2v) is 5.27. The summed E-state index contributed by atoms with van der Waals surface area (Å²) in [6.07, 6.45) is 2.99. The maximum Gasteiger partial charge on any atom is 0.338 e. The molecule has 118 valence electrons. The summed E-state index contributed by atoms with van der Waals surface area (Å²) in [5.41, 5.74) is 2.09. The average molecular weight is 319 g/mol. The van der Waals surface area contributed by atoms with Gasteiger partial charge in [0.05, 0.1) is 11.8 Å². The van der Waals surface area contributed by atoms with Gasteiger partial charge in [-0.25, -0.2) is 9.78 Å². The first-order valence-corrected chi connectivity index (χ1v) is 7.43. The van der Waals surface area contributed by atoms with Gasteiger partial charge in [-0.05, 0) is 24.3 Å². The predicted molar refractivity (Wildman–Crippen MR) is 87.3 cm³/mol. The molecule has 5 heteroatoms. The number of nitrogens with zero attached hydrogens (tertiary/aromatic N) is 1. The van der Waals surface area contributed by atoms with Crippen LogP contribution in [-0.4, -0.2) is 11.0 Å². The van der Waals surface area contributed by atoms with Crippen LogP contribution in [0.2, 0.25) is 0 Å². The van der Waals surface area contributed by atoms with Gasteiger partial charge in [-0.3, -0.25) is 0 Å². The molecule has 0 aliphatic heterocycles. The number of furan rings is 1. The lowest BCUT2D eigenvalue weighted by Gasteiger charge is -2.03. The molecule has 2 heterocycles. The first-order chi connectivity index (χ1) is 11.8. The third-order valence-electron chi connectivity index (χ3n) is 3.66. The highest BCUT2D eigenvalue weighted by Gasteiger charge is 2.11. The Hall–Kier alpha value is -3.34. The predicted octanol–water partition coefficient (Wildman–Crippen LogP) is 4.44. The van der Waals surface area contributed by atoms with Gasteiger partial charge in [0.25, 0.3) is 0 Å². The zero-order valence-electron chi connectivity index (χ0n) is 12.6. The Balaban J connectivity index is 1.44. The first kappa shape index (κ1) is 14.3. The van der Waals surface area contributed by atoms with Crippen molar-refractivity contribution in [3.8, 4) is 11.3 Å². The minimum Gasteiger partial charge on any atom is -0.457 e. The molecule has 0 fully saturated rings. The van der Waals surface area contributed by atoms with Crippen molar-refractivity contribution < 1.29 is 18.4 Å². The van der Waals surface area contributed by atoms with Crippen molar-refractivity contribution in [3.63, 3.8) is 0 Å². The zero-order valence-corrected chi connectivity index (χ0v) is 12.6. The lowest BCUT2D eigenvalue weighted by Crippen LogP contribution is -2.04. The summed E-state index contributed by atoms with van der Waals surface area (Å²) >= 11 is 0. The first-order valence-electron chi connectivity index (χ1n) is 7.43. The van der Waals surface area contributed by atoms with Crippen molar-refractivity contribution in [2.45, 2.75) is 6.61 Å². The Bertz CT molecular complexity index is 935. The van der Waals surface area contributed by atoms with E-state index in [1.54, 1.807) is 30.5 Å². The van der Waals surface area contributed by atoms with E-state index < -0.39 is 5.97 Å². The van der Waals surface area contributed by atoms with E-state index >= 15 is 0 Å². The number of ether oxygens (including phenoxy) is 1. The molecule has 0 aliphatic carbocycles. The average Bonchev–Trinajstić information content (AvgIpc) is 3.29. The number of carbonyl (C=O) groups is 1. The molecule has 4 rings (SSSR count). The summed E-state index contributed by atoms with van der Waals surface area (Å²) in [4.78, 5) is 16.0. The Morgan fingerprint density at radius 1 is 1.08 bits per heavy atom. The molecular weight excluding hydrogens is 306 g/mol.